The van der Waals surface area contributed by atoms with Crippen molar-refractivity contribution in [2.75, 3.05) is 4.72 Å². The van der Waals surface area contributed by atoms with Gasteiger partial charge in [-0.05, 0) is 41.4 Å². The quantitative estimate of drug-likeness (QED) is 0.451. The Hall–Kier alpha value is -3.14. The van der Waals surface area contributed by atoms with Crippen molar-refractivity contribution in [2.24, 2.45) is 5.18 Å². The number of anilines is 1. The lowest BCUT2D eigenvalue weighted by Gasteiger charge is -2.09. The zero-order valence-electron chi connectivity index (χ0n) is 13.5. The fraction of sp³-hybridized carbons (Fsp3) is 0.0588. The molecule has 10 heteroatoms. The molecule has 0 aliphatic carbocycles. The Morgan fingerprint density at radius 3 is 2.70 bits per heavy atom. The van der Waals surface area contributed by atoms with Gasteiger partial charge in [-0.3, -0.25) is 0 Å². The summed E-state index contributed by atoms with van der Waals surface area (Å²) >= 11 is 0.935. The van der Waals surface area contributed by atoms with E-state index in [4.69, 9.17) is 4.74 Å². The SMILES string of the molecule is O=Nc1ccccc1SNc1nc(OCc2ccc(F)cc2F)ncc1F. The molecule has 0 radical (unpaired) electrons. The first kappa shape index (κ1) is 18.6. The molecule has 0 atom stereocenters. The van der Waals surface area contributed by atoms with Gasteiger partial charge in [0, 0.05) is 11.6 Å². The molecule has 0 fully saturated rings. The Balaban J connectivity index is 1.69. The van der Waals surface area contributed by atoms with Crippen molar-refractivity contribution >= 4 is 23.5 Å². The van der Waals surface area contributed by atoms with Crippen LogP contribution in [0, 0.1) is 22.4 Å². The molecule has 2 aromatic carbocycles. The highest BCUT2D eigenvalue weighted by molar-refractivity contribution is 8.00. The van der Waals surface area contributed by atoms with Crippen molar-refractivity contribution in [3.05, 3.63) is 76.6 Å². The number of nitrogens with one attached hydrogen (secondary N) is 1. The van der Waals surface area contributed by atoms with Crippen LogP contribution in [0.1, 0.15) is 5.56 Å². The molecule has 0 spiro atoms. The van der Waals surface area contributed by atoms with Crippen LogP contribution in [0.5, 0.6) is 6.01 Å². The smallest absolute Gasteiger partial charge is 0.318 e. The molecule has 27 heavy (non-hydrogen) atoms. The Morgan fingerprint density at radius 2 is 1.93 bits per heavy atom. The number of rotatable bonds is 7. The first-order chi connectivity index (χ1) is 13.1. The molecule has 138 valence electrons. The molecule has 6 nitrogen and oxygen atoms in total. The lowest BCUT2D eigenvalue weighted by atomic mass is 10.2. The van der Waals surface area contributed by atoms with E-state index in [1.807, 2.05) is 0 Å². The van der Waals surface area contributed by atoms with Gasteiger partial charge in [0.1, 0.15) is 23.9 Å². The van der Waals surface area contributed by atoms with Crippen LogP contribution < -0.4 is 9.46 Å². The largest absolute Gasteiger partial charge is 0.458 e. The van der Waals surface area contributed by atoms with E-state index in [2.05, 4.69) is 19.9 Å². The average molecular weight is 392 g/mol. The molecule has 1 heterocycles. The number of ether oxygens (including phenoxy) is 1. The molecular weight excluding hydrogens is 381 g/mol. The van der Waals surface area contributed by atoms with E-state index in [0.29, 0.717) is 4.90 Å². The molecule has 0 unspecified atom stereocenters. The summed E-state index contributed by atoms with van der Waals surface area (Å²) in [5, 5.41) is 2.88. The van der Waals surface area contributed by atoms with Crippen LogP contribution >= 0.6 is 11.9 Å². The number of benzene rings is 2. The normalized spacial score (nSPS) is 10.5. The summed E-state index contributed by atoms with van der Waals surface area (Å²) in [6.45, 7) is -0.262. The fourth-order valence-corrected chi connectivity index (χ4v) is 2.70. The van der Waals surface area contributed by atoms with Crippen LogP contribution in [0.25, 0.3) is 0 Å². The molecule has 0 amide bonds. The second-order valence-electron chi connectivity index (χ2n) is 5.14. The molecule has 3 aromatic rings. The van der Waals surface area contributed by atoms with E-state index in [9.17, 15) is 18.1 Å². The molecule has 0 bridgehead atoms. The molecule has 0 saturated carbocycles. The maximum absolute atomic E-state index is 13.9. The Labute approximate surface area is 155 Å². The highest BCUT2D eigenvalue weighted by Gasteiger charge is 2.11. The van der Waals surface area contributed by atoms with E-state index in [1.54, 1.807) is 18.2 Å². The van der Waals surface area contributed by atoms with Gasteiger partial charge >= 0.3 is 6.01 Å². The molecule has 0 aliphatic rings. The van der Waals surface area contributed by atoms with Crippen molar-refractivity contribution in [3.63, 3.8) is 0 Å². The summed E-state index contributed by atoms with van der Waals surface area (Å²) in [7, 11) is 0. The second-order valence-corrected chi connectivity index (χ2v) is 5.98. The standard InChI is InChI=1S/C17H11F3N4O2S/c18-11-6-5-10(12(19)7-11)9-26-17-21-8-13(20)16(22-17)24-27-15-4-2-1-3-14(15)23-25/h1-8H,9H2,(H,21,22,24). The van der Waals surface area contributed by atoms with E-state index < -0.39 is 17.5 Å². The Morgan fingerprint density at radius 1 is 1.11 bits per heavy atom. The molecule has 1 N–H and O–H groups in total. The number of hydrogen-bond acceptors (Lipinski definition) is 7. The minimum atomic E-state index is -0.774. The first-order valence-corrected chi connectivity index (χ1v) is 8.33. The molecular formula is C17H11F3N4O2S. The van der Waals surface area contributed by atoms with Gasteiger partial charge in [0.05, 0.1) is 11.1 Å². The van der Waals surface area contributed by atoms with Crippen molar-refractivity contribution < 1.29 is 17.9 Å². The van der Waals surface area contributed by atoms with Crippen LogP contribution in [0.2, 0.25) is 0 Å². The molecule has 0 saturated heterocycles. The highest BCUT2D eigenvalue weighted by Crippen LogP contribution is 2.30. The predicted molar refractivity (Wildman–Crippen MR) is 94.1 cm³/mol. The van der Waals surface area contributed by atoms with Gasteiger partial charge in [0.15, 0.2) is 11.6 Å². The summed E-state index contributed by atoms with van der Waals surface area (Å²) in [4.78, 5) is 18.8. The average Bonchev–Trinajstić information content (AvgIpc) is 2.67. The lowest BCUT2D eigenvalue weighted by Crippen LogP contribution is -2.04. The van der Waals surface area contributed by atoms with Crippen LogP contribution in [0.4, 0.5) is 24.7 Å². The minimum absolute atomic E-state index is 0.0965. The van der Waals surface area contributed by atoms with E-state index in [1.165, 1.54) is 12.1 Å². The van der Waals surface area contributed by atoms with Crippen molar-refractivity contribution in [1.29, 1.82) is 0 Å². The van der Waals surface area contributed by atoms with E-state index >= 15 is 0 Å². The summed E-state index contributed by atoms with van der Waals surface area (Å²) < 4.78 is 48.3. The third-order valence-electron chi connectivity index (χ3n) is 3.32. The van der Waals surface area contributed by atoms with E-state index in [0.717, 1.165) is 30.3 Å². The van der Waals surface area contributed by atoms with Crippen molar-refractivity contribution in [1.82, 2.24) is 9.97 Å². The third-order valence-corrected chi connectivity index (χ3v) is 4.18. The van der Waals surface area contributed by atoms with Crippen LogP contribution in [0.15, 0.2) is 58.7 Å². The summed E-state index contributed by atoms with van der Waals surface area (Å²) in [6, 6.07) is 9.33. The Kier molecular flexibility index (Phi) is 5.87. The van der Waals surface area contributed by atoms with Gasteiger partial charge in [-0.15, -0.1) is 4.91 Å². The molecule has 3 rings (SSSR count). The monoisotopic (exact) mass is 392 g/mol. The fourth-order valence-electron chi connectivity index (χ4n) is 2.00. The summed E-state index contributed by atoms with van der Waals surface area (Å²) in [6.07, 6.45) is 0.885. The van der Waals surface area contributed by atoms with Crippen LogP contribution in [-0.2, 0) is 6.61 Å². The van der Waals surface area contributed by atoms with Gasteiger partial charge in [-0.1, -0.05) is 12.1 Å². The number of nitrogens with zero attached hydrogens (tertiary/aromatic N) is 3. The zero-order chi connectivity index (χ0) is 19.2. The minimum Gasteiger partial charge on any atom is -0.458 e. The van der Waals surface area contributed by atoms with Gasteiger partial charge in [-0.25, -0.2) is 18.2 Å². The number of aromatic nitrogens is 2. The summed E-state index contributed by atoms with van der Waals surface area (Å²) in [5.41, 5.74) is 0.284. The molecule has 0 aliphatic heterocycles. The third kappa shape index (κ3) is 4.73. The van der Waals surface area contributed by atoms with Gasteiger partial charge < -0.3 is 9.46 Å². The number of halogens is 3. The van der Waals surface area contributed by atoms with Gasteiger partial charge in [0.25, 0.3) is 0 Å². The maximum atomic E-state index is 13.9. The van der Waals surface area contributed by atoms with Crippen molar-refractivity contribution in [3.8, 4) is 6.01 Å². The predicted octanol–water partition coefficient (Wildman–Crippen LogP) is 4.99. The van der Waals surface area contributed by atoms with Gasteiger partial charge in [0.2, 0.25) is 0 Å². The van der Waals surface area contributed by atoms with Crippen LogP contribution in [-0.4, -0.2) is 9.97 Å². The first-order valence-electron chi connectivity index (χ1n) is 7.51. The summed E-state index contributed by atoms with van der Waals surface area (Å²) in [5.74, 6) is -2.42. The number of hydrogen-bond donors (Lipinski definition) is 1. The maximum Gasteiger partial charge on any atom is 0.318 e. The lowest BCUT2D eigenvalue weighted by molar-refractivity contribution is 0.274. The zero-order valence-corrected chi connectivity index (χ0v) is 14.3. The topological polar surface area (TPSA) is 76.5 Å². The highest BCUT2D eigenvalue weighted by atomic mass is 32.2. The van der Waals surface area contributed by atoms with Crippen LogP contribution in [0.3, 0.4) is 0 Å². The number of nitroso groups, excluding NO2 is 1. The van der Waals surface area contributed by atoms with E-state index in [-0.39, 0.29) is 29.7 Å². The molecule has 1 aromatic heterocycles. The van der Waals surface area contributed by atoms with Crippen molar-refractivity contribution in [2.45, 2.75) is 11.5 Å². The second kappa shape index (κ2) is 8.49. The Bertz CT molecular complexity index is 975. The van der Waals surface area contributed by atoms with Gasteiger partial charge in [-0.2, -0.15) is 4.98 Å².